The quantitative estimate of drug-likeness (QED) is 0.375. The van der Waals surface area contributed by atoms with Crippen LogP contribution in [0.4, 0.5) is 0 Å². The molecule has 58 valence electrons. The Labute approximate surface area is 70.3 Å². The number of aromatic nitrogens is 1. The zero-order valence-electron chi connectivity index (χ0n) is 5.90. The third-order valence-electron chi connectivity index (χ3n) is 1.20. The summed E-state index contributed by atoms with van der Waals surface area (Å²) in [6.07, 6.45) is 6.53. The first-order valence-corrected chi connectivity index (χ1v) is 3.78. The highest BCUT2D eigenvalue weighted by Crippen LogP contribution is 1.97. The van der Waals surface area contributed by atoms with Crippen molar-refractivity contribution in [2.45, 2.75) is 0 Å². The Morgan fingerprint density at radius 1 is 1.64 bits per heavy atom. The lowest BCUT2D eigenvalue weighted by Crippen LogP contribution is -2.24. The Bertz CT molecular complexity index is 260. The van der Waals surface area contributed by atoms with Crippen LogP contribution in [0.3, 0.4) is 0 Å². The van der Waals surface area contributed by atoms with E-state index in [-0.39, 0.29) is 0 Å². The average Bonchev–Trinajstić information content (AvgIpc) is 2.01. The summed E-state index contributed by atoms with van der Waals surface area (Å²) in [5, 5.41) is 10.7. The molecule has 1 heterocycles. The fourth-order valence-corrected chi connectivity index (χ4v) is 0.840. The van der Waals surface area contributed by atoms with Crippen LogP contribution >= 0.6 is 11.6 Å². The van der Waals surface area contributed by atoms with Crippen molar-refractivity contribution in [3.8, 4) is 0 Å². The number of rotatable bonds is 2. The zero-order chi connectivity index (χ0) is 8.10. The molecule has 0 saturated carbocycles. The first-order chi connectivity index (χ1) is 5.33. The second-order valence-electron chi connectivity index (χ2n) is 2.05. The Kier molecular flexibility index (Phi) is 2.93. The van der Waals surface area contributed by atoms with E-state index in [1.807, 2.05) is 6.07 Å². The van der Waals surface area contributed by atoms with Crippen LogP contribution in [-0.4, -0.2) is 5.88 Å². The molecule has 0 spiro atoms. The average molecular weight is 170 g/mol. The summed E-state index contributed by atoms with van der Waals surface area (Å²) in [7, 11) is 0. The maximum Gasteiger partial charge on any atom is 0.187 e. The monoisotopic (exact) mass is 169 g/mol. The zero-order valence-corrected chi connectivity index (χ0v) is 6.66. The van der Waals surface area contributed by atoms with Gasteiger partial charge in [0.1, 0.15) is 0 Å². The van der Waals surface area contributed by atoms with Gasteiger partial charge in [-0.3, -0.25) is 0 Å². The standard InChI is InChI=1S/C8H8ClNO/c9-5-1-3-8-4-2-6-10(11)7-8/h1-4,6-7H,5H2. The van der Waals surface area contributed by atoms with Crippen LogP contribution in [0.15, 0.2) is 30.6 Å². The molecule has 1 aromatic rings. The van der Waals surface area contributed by atoms with Crippen LogP contribution in [0.5, 0.6) is 0 Å². The Balaban J connectivity index is 2.79. The summed E-state index contributed by atoms with van der Waals surface area (Å²) in [5.41, 5.74) is 0.864. The molecule has 1 rings (SSSR count). The van der Waals surface area contributed by atoms with Crippen molar-refractivity contribution in [3.05, 3.63) is 41.4 Å². The highest BCUT2D eigenvalue weighted by atomic mass is 35.5. The SMILES string of the molecule is [O-][n+]1cccc(C=CCCl)c1. The molecule has 0 aliphatic rings. The van der Waals surface area contributed by atoms with E-state index < -0.39 is 0 Å². The summed E-state index contributed by atoms with van der Waals surface area (Å²) < 4.78 is 0.758. The molecular weight excluding hydrogens is 162 g/mol. The van der Waals surface area contributed by atoms with Gasteiger partial charge in [0.25, 0.3) is 0 Å². The van der Waals surface area contributed by atoms with Gasteiger partial charge in [0, 0.05) is 17.5 Å². The van der Waals surface area contributed by atoms with E-state index in [1.54, 1.807) is 18.2 Å². The molecule has 1 aromatic heterocycles. The van der Waals surface area contributed by atoms with Gasteiger partial charge >= 0.3 is 0 Å². The molecule has 0 aliphatic heterocycles. The fraction of sp³-hybridized carbons (Fsp3) is 0.125. The van der Waals surface area contributed by atoms with Crippen molar-refractivity contribution in [2.24, 2.45) is 0 Å². The molecule has 0 radical (unpaired) electrons. The summed E-state index contributed by atoms with van der Waals surface area (Å²) in [5.74, 6) is 0.466. The first-order valence-electron chi connectivity index (χ1n) is 3.24. The van der Waals surface area contributed by atoms with Crippen molar-refractivity contribution in [3.63, 3.8) is 0 Å². The van der Waals surface area contributed by atoms with Crippen LogP contribution < -0.4 is 4.73 Å². The van der Waals surface area contributed by atoms with Gasteiger partial charge in [-0.2, -0.15) is 4.73 Å². The van der Waals surface area contributed by atoms with Gasteiger partial charge in [-0.15, -0.1) is 11.6 Å². The van der Waals surface area contributed by atoms with Gasteiger partial charge in [-0.05, 0) is 6.07 Å². The van der Waals surface area contributed by atoms with E-state index in [1.165, 1.54) is 12.4 Å². The van der Waals surface area contributed by atoms with Crippen LogP contribution in [-0.2, 0) is 0 Å². The van der Waals surface area contributed by atoms with E-state index >= 15 is 0 Å². The molecule has 2 nitrogen and oxygen atoms in total. The van der Waals surface area contributed by atoms with Gasteiger partial charge in [-0.1, -0.05) is 12.2 Å². The van der Waals surface area contributed by atoms with Crippen LogP contribution in [0, 0.1) is 5.21 Å². The third-order valence-corrected chi connectivity index (χ3v) is 1.38. The van der Waals surface area contributed by atoms with Crippen molar-refractivity contribution < 1.29 is 4.73 Å². The van der Waals surface area contributed by atoms with Gasteiger partial charge in [0.05, 0.1) is 0 Å². The highest BCUT2D eigenvalue weighted by molar-refractivity contribution is 6.19. The summed E-state index contributed by atoms with van der Waals surface area (Å²) in [4.78, 5) is 0. The lowest BCUT2D eigenvalue weighted by molar-refractivity contribution is -0.605. The Hall–Kier alpha value is -1.02. The molecule has 3 heteroatoms. The molecule has 0 saturated heterocycles. The first kappa shape index (κ1) is 8.08. The van der Waals surface area contributed by atoms with Crippen molar-refractivity contribution in [1.82, 2.24) is 0 Å². The number of pyridine rings is 1. The van der Waals surface area contributed by atoms with E-state index in [4.69, 9.17) is 11.6 Å². The molecule has 0 amide bonds. The van der Waals surface area contributed by atoms with E-state index in [0.29, 0.717) is 5.88 Å². The molecule has 0 fully saturated rings. The Morgan fingerprint density at radius 2 is 2.45 bits per heavy atom. The second kappa shape index (κ2) is 3.98. The number of halogens is 1. The minimum Gasteiger partial charge on any atom is -0.619 e. The van der Waals surface area contributed by atoms with Crippen LogP contribution in [0.1, 0.15) is 5.56 Å². The van der Waals surface area contributed by atoms with Gasteiger partial charge in [0.15, 0.2) is 12.4 Å². The minimum atomic E-state index is 0.466. The van der Waals surface area contributed by atoms with E-state index in [9.17, 15) is 5.21 Å². The molecule has 0 unspecified atom stereocenters. The van der Waals surface area contributed by atoms with Crippen LogP contribution in [0.2, 0.25) is 0 Å². The van der Waals surface area contributed by atoms with E-state index in [2.05, 4.69) is 0 Å². The summed E-state index contributed by atoms with van der Waals surface area (Å²) >= 11 is 5.42. The lowest BCUT2D eigenvalue weighted by atomic mass is 10.3. The largest absolute Gasteiger partial charge is 0.619 e. The molecule has 0 atom stereocenters. The van der Waals surface area contributed by atoms with Crippen LogP contribution in [0.25, 0.3) is 6.08 Å². The maximum absolute atomic E-state index is 10.7. The van der Waals surface area contributed by atoms with Crippen molar-refractivity contribution >= 4 is 17.7 Å². The lowest BCUT2D eigenvalue weighted by Gasteiger charge is -1.94. The smallest absolute Gasteiger partial charge is 0.187 e. The van der Waals surface area contributed by atoms with Crippen molar-refractivity contribution in [2.75, 3.05) is 5.88 Å². The number of hydrogen-bond acceptors (Lipinski definition) is 1. The predicted molar refractivity (Wildman–Crippen MR) is 45.2 cm³/mol. The topological polar surface area (TPSA) is 26.9 Å². The Morgan fingerprint density at radius 3 is 3.09 bits per heavy atom. The minimum absolute atomic E-state index is 0.466. The molecule has 0 N–H and O–H groups in total. The van der Waals surface area contributed by atoms with Crippen molar-refractivity contribution in [1.29, 1.82) is 0 Å². The molecule has 0 bridgehead atoms. The third kappa shape index (κ3) is 2.60. The van der Waals surface area contributed by atoms with Gasteiger partial charge < -0.3 is 5.21 Å². The maximum atomic E-state index is 10.7. The number of allylic oxidation sites excluding steroid dienone is 1. The predicted octanol–water partition coefficient (Wildman–Crippen LogP) is 1.57. The summed E-state index contributed by atoms with van der Waals surface area (Å²) in [6.45, 7) is 0. The van der Waals surface area contributed by atoms with Gasteiger partial charge in [-0.25, -0.2) is 0 Å². The molecular formula is C8H8ClNO. The normalized spacial score (nSPS) is 10.6. The molecule has 11 heavy (non-hydrogen) atoms. The fourth-order valence-electron chi connectivity index (χ4n) is 0.751. The highest BCUT2D eigenvalue weighted by Gasteiger charge is 1.89. The second-order valence-corrected chi connectivity index (χ2v) is 2.36. The number of nitrogens with zero attached hydrogens (tertiary/aromatic N) is 1. The number of hydrogen-bond donors (Lipinski definition) is 0. The summed E-state index contributed by atoms with van der Waals surface area (Å²) in [6, 6.07) is 3.54. The van der Waals surface area contributed by atoms with E-state index in [0.717, 1.165) is 10.3 Å². The molecule has 0 aromatic carbocycles. The number of alkyl halides is 1. The van der Waals surface area contributed by atoms with Gasteiger partial charge in [0.2, 0.25) is 0 Å². The molecule has 0 aliphatic carbocycles.